The highest BCUT2D eigenvalue weighted by Crippen LogP contribution is 2.24. The van der Waals surface area contributed by atoms with Gasteiger partial charge in [0.2, 0.25) is 6.43 Å². The van der Waals surface area contributed by atoms with Crippen molar-refractivity contribution in [2.45, 2.75) is 18.9 Å². The number of halogens is 3. The first-order chi connectivity index (χ1) is 7.04. The molecule has 0 aromatic heterocycles. The highest BCUT2D eigenvalue weighted by atomic mass is 19.3. The van der Waals surface area contributed by atoms with Gasteiger partial charge in [-0.15, -0.1) is 0 Å². The fraction of sp³-hybridized carbons (Fsp3) is 0.400. The standard InChI is InChI=1S/C10H12F3NO/c1-15-9-4-6(2-3-7(9)11)8(14)5-10(12)13/h2-4,8,10H,5,14H2,1H3/t8-/m1/s1. The van der Waals surface area contributed by atoms with Crippen LogP contribution in [-0.4, -0.2) is 13.5 Å². The Morgan fingerprint density at radius 3 is 2.60 bits per heavy atom. The monoisotopic (exact) mass is 219 g/mol. The third kappa shape index (κ3) is 3.13. The van der Waals surface area contributed by atoms with Crippen molar-refractivity contribution < 1.29 is 17.9 Å². The number of benzene rings is 1. The van der Waals surface area contributed by atoms with E-state index in [1.165, 1.54) is 19.2 Å². The van der Waals surface area contributed by atoms with Gasteiger partial charge in [-0.3, -0.25) is 0 Å². The fourth-order valence-electron chi connectivity index (χ4n) is 1.24. The van der Waals surface area contributed by atoms with Crippen molar-refractivity contribution in [3.05, 3.63) is 29.6 Å². The molecule has 0 unspecified atom stereocenters. The summed E-state index contributed by atoms with van der Waals surface area (Å²) in [5.41, 5.74) is 5.95. The maximum atomic E-state index is 13.0. The number of ether oxygens (including phenoxy) is 1. The second-order valence-corrected chi connectivity index (χ2v) is 3.13. The highest BCUT2D eigenvalue weighted by molar-refractivity contribution is 5.32. The van der Waals surface area contributed by atoms with Gasteiger partial charge in [-0.05, 0) is 17.7 Å². The molecular formula is C10H12F3NO. The van der Waals surface area contributed by atoms with Gasteiger partial charge in [-0.25, -0.2) is 13.2 Å². The molecule has 1 aromatic carbocycles. The molecule has 2 N–H and O–H groups in total. The lowest BCUT2D eigenvalue weighted by Gasteiger charge is -2.12. The van der Waals surface area contributed by atoms with E-state index in [0.717, 1.165) is 6.07 Å². The molecule has 0 aliphatic heterocycles. The molecule has 1 rings (SSSR count). The number of methoxy groups -OCH3 is 1. The summed E-state index contributed by atoms with van der Waals surface area (Å²) in [7, 11) is 1.31. The molecule has 0 aliphatic rings. The first-order valence-electron chi connectivity index (χ1n) is 4.41. The topological polar surface area (TPSA) is 35.2 Å². The maximum absolute atomic E-state index is 13.0. The van der Waals surface area contributed by atoms with Crippen LogP contribution in [0.5, 0.6) is 5.75 Å². The Morgan fingerprint density at radius 2 is 2.07 bits per heavy atom. The van der Waals surface area contributed by atoms with Crippen LogP contribution in [0.4, 0.5) is 13.2 Å². The number of alkyl halides is 2. The van der Waals surface area contributed by atoms with Crippen molar-refractivity contribution >= 4 is 0 Å². The smallest absolute Gasteiger partial charge is 0.240 e. The lowest BCUT2D eigenvalue weighted by molar-refractivity contribution is 0.128. The molecule has 0 saturated carbocycles. The van der Waals surface area contributed by atoms with Gasteiger partial charge in [0.05, 0.1) is 7.11 Å². The van der Waals surface area contributed by atoms with Crippen LogP contribution in [0.25, 0.3) is 0 Å². The van der Waals surface area contributed by atoms with E-state index in [0.29, 0.717) is 5.56 Å². The van der Waals surface area contributed by atoms with Crippen LogP contribution in [0.15, 0.2) is 18.2 Å². The average Bonchev–Trinajstić information content (AvgIpc) is 2.17. The Kier molecular flexibility index (Phi) is 3.96. The summed E-state index contributed by atoms with van der Waals surface area (Å²) in [6.45, 7) is 0. The fourth-order valence-corrected chi connectivity index (χ4v) is 1.24. The van der Waals surface area contributed by atoms with Gasteiger partial charge in [-0.1, -0.05) is 6.07 Å². The van der Waals surface area contributed by atoms with Crippen LogP contribution < -0.4 is 10.5 Å². The van der Waals surface area contributed by atoms with E-state index in [2.05, 4.69) is 0 Å². The zero-order chi connectivity index (χ0) is 11.4. The number of rotatable bonds is 4. The summed E-state index contributed by atoms with van der Waals surface area (Å²) in [4.78, 5) is 0. The van der Waals surface area contributed by atoms with E-state index in [9.17, 15) is 13.2 Å². The minimum atomic E-state index is -2.48. The molecule has 0 spiro atoms. The molecule has 1 aromatic rings. The van der Waals surface area contributed by atoms with Crippen molar-refractivity contribution in [2.24, 2.45) is 5.73 Å². The predicted octanol–water partition coefficient (Wildman–Crippen LogP) is 2.49. The number of hydrogen-bond donors (Lipinski definition) is 1. The second-order valence-electron chi connectivity index (χ2n) is 3.13. The molecule has 0 amide bonds. The summed E-state index contributed by atoms with van der Waals surface area (Å²) < 4.78 is 41.8. The number of nitrogens with two attached hydrogens (primary N) is 1. The van der Waals surface area contributed by atoms with E-state index in [4.69, 9.17) is 10.5 Å². The highest BCUT2D eigenvalue weighted by Gasteiger charge is 2.14. The summed E-state index contributed by atoms with van der Waals surface area (Å²) in [5.74, 6) is -0.525. The van der Waals surface area contributed by atoms with Crippen molar-refractivity contribution in [1.82, 2.24) is 0 Å². The molecular weight excluding hydrogens is 207 g/mol. The van der Waals surface area contributed by atoms with Gasteiger partial charge >= 0.3 is 0 Å². The first kappa shape index (κ1) is 11.8. The third-order valence-corrected chi connectivity index (χ3v) is 2.04. The maximum Gasteiger partial charge on any atom is 0.240 e. The third-order valence-electron chi connectivity index (χ3n) is 2.04. The minimum Gasteiger partial charge on any atom is -0.494 e. The Morgan fingerprint density at radius 1 is 1.40 bits per heavy atom. The van der Waals surface area contributed by atoms with E-state index >= 15 is 0 Å². The van der Waals surface area contributed by atoms with Crippen LogP contribution in [0, 0.1) is 5.82 Å². The van der Waals surface area contributed by atoms with E-state index in [1.807, 2.05) is 0 Å². The van der Waals surface area contributed by atoms with Gasteiger partial charge in [0.25, 0.3) is 0 Å². The van der Waals surface area contributed by atoms with Crippen LogP contribution in [0.3, 0.4) is 0 Å². The van der Waals surface area contributed by atoms with E-state index in [-0.39, 0.29) is 5.75 Å². The Hall–Kier alpha value is -1.23. The summed E-state index contributed by atoms with van der Waals surface area (Å²) in [6, 6.07) is 3.06. The molecule has 0 saturated heterocycles. The van der Waals surface area contributed by atoms with Crippen molar-refractivity contribution in [3.63, 3.8) is 0 Å². The number of hydrogen-bond acceptors (Lipinski definition) is 2. The molecule has 0 aliphatic carbocycles. The predicted molar refractivity (Wildman–Crippen MR) is 50.5 cm³/mol. The molecule has 84 valence electrons. The summed E-state index contributed by atoms with van der Waals surface area (Å²) in [5, 5.41) is 0. The molecule has 15 heavy (non-hydrogen) atoms. The Balaban J connectivity index is 2.85. The van der Waals surface area contributed by atoms with Crippen LogP contribution in [0.1, 0.15) is 18.0 Å². The quantitative estimate of drug-likeness (QED) is 0.844. The van der Waals surface area contributed by atoms with E-state index in [1.54, 1.807) is 0 Å². The van der Waals surface area contributed by atoms with Crippen molar-refractivity contribution in [1.29, 1.82) is 0 Å². The van der Waals surface area contributed by atoms with Crippen molar-refractivity contribution in [3.8, 4) is 5.75 Å². The summed E-state index contributed by atoms with van der Waals surface area (Å²) in [6.07, 6.45) is -2.93. The van der Waals surface area contributed by atoms with Crippen LogP contribution in [-0.2, 0) is 0 Å². The Bertz CT molecular complexity index is 330. The van der Waals surface area contributed by atoms with Gasteiger partial charge in [-0.2, -0.15) is 0 Å². The largest absolute Gasteiger partial charge is 0.494 e. The van der Waals surface area contributed by atoms with Gasteiger partial charge in [0.1, 0.15) is 0 Å². The molecule has 0 heterocycles. The van der Waals surface area contributed by atoms with E-state index < -0.39 is 24.7 Å². The Labute approximate surface area is 85.8 Å². The molecule has 0 fully saturated rings. The van der Waals surface area contributed by atoms with Crippen molar-refractivity contribution in [2.75, 3.05) is 7.11 Å². The lowest BCUT2D eigenvalue weighted by Crippen LogP contribution is -2.14. The normalized spacial score (nSPS) is 12.9. The average molecular weight is 219 g/mol. The SMILES string of the molecule is COc1cc([C@H](N)CC(F)F)ccc1F. The molecule has 0 bridgehead atoms. The minimum absolute atomic E-state index is 0.0113. The zero-order valence-electron chi connectivity index (χ0n) is 8.21. The van der Waals surface area contributed by atoms with Crippen LogP contribution >= 0.6 is 0 Å². The molecule has 2 nitrogen and oxygen atoms in total. The zero-order valence-corrected chi connectivity index (χ0v) is 8.21. The van der Waals surface area contributed by atoms with Gasteiger partial charge < -0.3 is 10.5 Å². The van der Waals surface area contributed by atoms with Gasteiger partial charge in [0, 0.05) is 12.5 Å². The van der Waals surface area contributed by atoms with Gasteiger partial charge in [0.15, 0.2) is 11.6 Å². The van der Waals surface area contributed by atoms with Crippen LogP contribution in [0.2, 0.25) is 0 Å². The summed E-state index contributed by atoms with van der Waals surface area (Å²) >= 11 is 0. The second kappa shape index (κ2) is 5.02. The lowest BCUT2D eigenvalue weighted by atomic mass is 10.0. The molecule has 1 atom stereocenters. The molecule has 5 heteroatoms. The molecule has 0 radical (unpaired) electrons. The first-order valence-corrected chi connectivity index (χ1v) is 4.41.